The quantitative estimate of drug-likeness (QED) is 0.473. The summed E-state index contributed by atoms with van der Waals surface area (Å²) in [6.07, 6.45) is -0.598. The number of halogens is 4. The second-order valence-electron chi connectivity index (χ2n) is 3.35. The summed E-state index contributed by atoms with van der Waals surface area (Å²) in [5, 5.41) is 8.91. The van der Waals surface area contributed by atoms with Gasteiger partial charge in [0.1, 0.15) is 0 Å². The molecule has 0 amide bonds. The molecule has 1 aromatic rings. The summed E-state index contributed by atoms with van der Waals surface area (Å²) < 4.78 is 51.0. The van der Waals surface area contributed by atoms with Gasteiger partial charge in [0.15, 0.2) is 23.3 Å². The summed E-state index contributed by atoms with van der Waals surface area (Å²) in [6, 6.07) is 0.607. The highest BCUT2D eigenvalue weighted by Crippen LogP contribution is 2.20. The van der Waals surface area contributed by atoms with Crippen LogP contribution < -0.4 is 0 Å². The van der Waals surface area contributed by atoms with Gasteiger partial charge in [0, 0.05) is 0 Å². The SMILES string of the molecule is CC(O)CCc1cc(F)c(F)c(F)c1F. The third kappa shape index (κ3) is 2.68. The van der Waals surface area contributed by atoms with Gasteiger partial charge in [0.2, 0.25) is 0 Å². The molecule has 84 valence electrons. The van der Waals surface area contributed by atoms with Crippen molar-refractivity contribution in [2.75, 3.05) is 0 Å². The maximum Gasteiger partial charge on any atom is 0.197 e. The molecule has 0 fully saturated rings. The zero-order valence-electron chi connectivity index (χ0n) is 8.03. The van der Waals surface area contributed by atoms with Crippen molar-refractivity contribution in [3.05, 3.63) is 34.9 Å². The van der Waals surface area contributed by atoms with Crippen LogP contribution in [0.5, 0.6) is 0 Å². The van der Waals surface area contributed by atoms with Crippen molar-refractivity contribution in [1.29, 1.82) is 0 Å². The molecule has 0 saturated heterocycles. The fourth-order valence-corrected chi connectivity index (χ4v) is 1.17. The lowest BCUT2D eigenvalue weighted by molar-refractivity contribution is 0.184. The minimum Gasteiger partial charge on any atom is -0.393 e. The first-order valence-electron chi connectivity index (χ1n) is 4.43. The molecule has 1 atom stereocenters. The predicted molar refractivity (Wildman–Crippen MR) is 46.3 cm³/mol. The van der Waals surface area contributed by atoms with Crippen LogP contribution in [0.4, 0.5) is 17.6 Å². The minimum absolute atomic E-state index is 0.0440. The van der Waals surface area contributed by atoms with Crippen LogP contribution in [-0.2, 0) is 6.42 Å². The molecule has 15 heavy (non-hydrogen) atoms. The fraction of sp³-hybridized carbons (Fsp3) is 0.400. The Kier molecular flexibility index (Phi) is 3.68. The summed E-state index contributed by atoms with van der Waals surface area (Å²) >= 11 is 0. The summed E-state index contributed by atoms with van der Waals surface area (Å²) in [7, 11) is 0. The molecule has 0 aliphatic rings. The normalized spacial score (nSPS) is 12.9. The molecule has 5 heteroatoms. The maximum absolute atomic E-state index is 13.0. The zero-order valence-corrected chi connectivity index (χ0v) is 8.03. The van der Waals surface area contributed by atoms with Gasteiger partial charge in [0.05, 0.1) is 6.10 Å². The van der Waals surface area contributed by atoms with Gasteiger partial charge in [-0.2, -0.15) is 0 Å². The molecule has 1 N–H and O–H groups in total. The first-order valence-corrected chi connectivity index (χ1v) is 4.43. The van der Waals surface area contributed by atoms with E-state index in [0.29, 0.717) is 6.07 Å². The lowest BCUT2D eigenvalue weighted by Gasteiger charge is -2.07. The van der Waals surface area contributed by atoms with E-state index in [-0.39, 0.29) is 18.4 Å². The van der Waals surface area contributed by atoms with Crippen molar-refractivity contribution in [2.24, 2.45) is 0 Å². The molecule has 0 saturated carbocycles. The van der Waals surface area contributed by atoms with Gasteiger partial charge >= 0.3 is 0 Å². The smallest absolute Gasteiger partial charge is 0.197 e. The highest BCUT2D eigenvalue weighted by atomic mass is 19.2. The molecule has 1 nitrogen and oxygen atoms in total. The number of aliphatic hydroxyl groups is 1. The molecular weight excluding hydrogens is 212 g/mol. The van der Waals surface area contributed by atoms with E-state index in [2.05, 4.69) is 0 Å². The second-order valence-corrected chi connectivity index (χ2v) is 3.35. The number of aliphatic hydroxyl groups excluding tert-OH is 1. The third-order valence-corrected chi connectivity index (χ3v) is 2.01. The van der Waals surface area contributed by atoms with Crippen LogP contribution in [0, 0.1) is 23.3 Å². The lowest BCUT2D eigenvalue weighted by Crippen LogP contribution is -2.06. The molecule has 0 aromatic heterocycles. The Labute approximate surface area is 84.3 Å². The average molecular weight is 222 g/mol. The topological polar surface area (TPSA) is 20.2 Å². The van der Waals surface area contributed by atoms with Gasteiger partial charge in [-0.05, 0) is 31.4 Å². The van der Waals surface area contributed by atoms with Gasteiger partial charge in [-0.15, -0.1) is 0 Å². The molecule has 0 spiro atoms. The van der Waals surface area contributed by atoms with Crippen LogP contribution in [-0.4, -0.2) is 11.2 Å². The van der Waals surface area contributed by atoms with E-state index in [4.69, 9.17) is 5.11 Å². The Hall–Kier alpha value is -1.10. The van der Waals surface area contributed by atoms with Gasteiger partial charge < -0.3 is 5.11 Å². The maximum atomic E-state index is 13.0. The van der Waals surface area contributed by atoms with Crippen molar-refractivity contribution >= 4 is 0 Å². The van der Waals surface area contributed by atoms with Crippen LogP contribution >= 0.6 is 0 Å². The van der Waals surface area contributed by atoms with Crippen molar-refractivity contribution in [3.63, 3.8) is 0 Å². The fourth-order valence-electron chi connectivity index (χ4n) is 1.17. The standard InChI is InChI=1S/C10H10F4O/c1-5(15)2-3-6-4-7(11)9(13)10(14)8(6)12/h4-5,15H,2-3H2,1H3. The minimum atomic E-state index is -1.81. The Morgan fingerprint density at radius 3 is 2.27 bits per heavy atom. The van der Waals surface area contributed by atoms with E-state index < -0.39 is 29.4 Å². The van der Waals surface area contributed by atoms with Crippen molar-refractivity contribution in [1.82, 2.24) is 0 Å². The van der Waals surface area contributed by atoms with Crippen LogP contribution in [0.1, 0.15) is 18.9 Å². The summed E-state index contributed by atoms with van der Waals surface area (Å²) in [5.41, 5.74) is -0.271. The van der Waals surface area contributed by atoms with E-state index in [1.807, 2.05) is 0 Å². The van der Waals surface area contributed by atoms with Crippen molar-refractivity contribution in [3.8, 4) is 0 Å². The van der Waals surface area contributed by atoms with Gasteiger partial charge in [0.25, 0.3) is 0 Å². The monoisotopic (exact) mass is 222 g/mol. The van der Waals surface area contributed by atoms with Gasteiger partial charge in [-0.3, -0.25) is 0 Å². The Morgan fingerprint density at radius 2 is 1.73 bits per heavy atom. The largest absolute Gasteiger partial charge is 0.393 e. The predicted octanol–water partition coefficient (Wildman–Crippen LogP) is 2.56. The van der Waals surface area contributed by atoms with Gasteiger partial charge in [-0.1, -0.05) is 0 Å². The molecule has 0 aliphatic heterocycles. The zero-order chi connectivity index (χ0) is 11.6. The van der Waals surface area contributed by atoms with Crippen LogP contribution in [0.15, 0.2) is 6.07 Å². The number of hydrogen-bond acceptors (Lipinski definition) is 1. The third-order valence-electron chi connectivity index (χ3n) is 2.01. The first-order chi connectivity index (χ1) is 6.93. The van der Waals surface area contributed by atoms with E-state index in [1.165, 1.54) is 6.92 Å². The molecule has 0 bridgehead atoms. The summed E-state index contributed by atoms with van der Waals surface area (Å²) in [6.45, 7) is 1.47. The van der Waals surface area contributed by atoms with E-state index in [1.54, 1.807) is 0 Å². The highest BCUT2D eigenvalue weighted by Gasteiger charge is 2.18. The molecule has 0 aliphatic carbocycles. The van der Waals surface area contributed by atoms with Crippen LogP contribution in [0.3, 0.4) is 0 Å². The number of hydrogen-bond donors (Lipinski definition) is 1. The van der Waals surface area contributed by atoms with E-state index in [0.717, 1.165) is 0 Å². The average Bonchev–Trinajstić information content (AvgIpc) is 2.18. The Morgan fingerprint density at radius 1 is 1.13 bits per heavy atom. The van der Waals surface area contributed by atoms with E-state index >= 15 is 0 Å². The van der Waals surface area contributed by atoms with Crippen LogP contribution in [0.2, 0.25) is 0 Å². The number of rotatable bonds is 3. The lowest BCUT2D eigenvalue weighted by atomic mass is 10.1. The Balaban J connectivity index is 2.99. The second kappa shape index (κ2) is 4.61. The molecule has 1 unspecified atom stereocenters. The summed E-state index contributed by atoms with van der Waals surface area (Å²) in [4.78, 5) is 0. The molecule has 0 radical (unpaired) electrons. The van der Waals surface area contributed by atoms with E-state index in [9.17, 15) is 17.6 Å². The number of aryl methyl sites for hydroxylation is 1. The first kappa shape index (κ1) is 12.0. The number of benzene rings is 1. The van der Waals surface area contributed by atoms with Crippen molar-refractivity contribution in [2.45, 2.75) is 25.9 Å². The Bertz CT molecular complexity index is 363. The molecule has 0 heterocycles. The highest BCUT2D eigenvalue weighted by molar-refractivity contribution is 5.21. The molecule has 1 aromatic carbocycles. The van der Waals surface area contributed by atoms with Crippen molar-refractivity contribution < 1.29 is 22.7 Å². The molecular formula is C10H10F4O. The van der Waals surface area contributed by atoms with Gasteiger partial charge in [-0.25, -0.2) is 17.6 Å². The van der Waals surface area contributed by atoms with Crippen LogP contribution in [0.25, 0.3) is 0 Å². The summed E-state index contributed by atoms with van der Waals surface area (Å²) in [5.74, 6) is -6.44. The molecule has 1 rings (SSSR count).